The number of hydrogen-bond donors (Lipinski definition) is 0. The zero-order valence-corrected chi connectivity index (χ0v) is 9.94. The summed E-state index contributed by atoms with van der Waals surface area (Å²) in [4.78, 5) is 11.6. The topological polar surface area (TPSA) is 17.1 Å². The summed E-state index contributed by atoms with van der Waals surface area (Å²) in [6.07, 6.45) is 2.87. The van der Waals surface area contributed by atoms with E-state index in [0.717, 1.165) is 4.47 Å². The van der Waals surface area contributed by atoms with Gasteiger partial charge in [-0.2, -0.15) is 0 Å². The van der Waals surface area contributed by atoms with E-state index in [0.29, 0.717) is 23.4 Å². The van der Waals surface area contributed by atoms with Crippen LogP contribution < -0.4 is 0 Å². The molecule has 0 amide bonds. The normalized spacial score (nSPS) is 9.86. The summed E-state index contributed by atoms with van der Waals surface area (Å²) in [7, 11) is 0. The summed E-state index contributed by atoms with van der Waals surface area (Å²) in [6, 6.07) is 5.35. The Labute approximate surface area is 96.9 Å². The summed E-state index contributed by atoms with van der Waals surface area (Å²) in [5, 5.41) is 0.488. The summed E-state index contributed by atoms with van der Waals surface area (Å²) < 4.78 is 0.753. The van der Waals surface area contributed by atoms with E-state index in [2.05, 4.69) is 22.5 Å². The third kappa shape index (κ3) is 2.69. The Morgan fingerprint density at radius 3 is 2.93 bits per heavy atom. The van der Waals surface area contributed by atoms with E-state index in [4.69, 9.17) is 11.6 Å². The number of allylic oxidation sites excluding steroid dienone is 1. The van der Waals surface area contributed by atoms with E-state index >= 15 is 0 Å². The van der Waals surface area contributed by atoms with E-state index in [-0.39, 0.29) is 5.78 Å². The van der Waals surface area contributed by atoms with Gasteiger partial charge in [0, 0.05) is 16.5 Å². The quantitative estimate of drug-likeness (QED) is 0.592. The largest absolute Gasteiger partial charge is 0.294 e. The molecule has 0 atom stereocenters. The zero-order valence-electron chi connectivity index (χ0n) is 7.59. The molecule has 0 N–H and O–H groups in total. The van der Waals surface area contributed by atoms with Crippen LogP contribution in [0.5, 0.6) is 0 Å². The number of hydrogen-bond acceptors (Lipinski definition) is 1. The van der Waals surface area contributed by atoms with Gasteiger partial charge in [0.05, 0.1) is 5.02 Å². The highest BCUT2D eigenvalue weighted by molar-refractivity contribution is 9.10. The highest BCUT2D eigenvalue weighted by atomic mass is 79.9. The smallest absolute Gasteiger partial charge is 0.164 e. The molecular formula is C11H10BrClO. The lowest BCUT2D eigenvalue weighted by Gasteiger charge is -2.03. The van der Waals surface area contributed by atoms with Crippen LogP contribution in [0.15, 0.2) is 35.3 Å². The van der Waals surface area contributed by atoms with Crippen LogP contribution in [-0.4, -0.2) is 5.78 Å². The van der Waals surface area contributed by atoms with Crippen molar-refractivity contribution in [1.29, 1.82) is 0 Å². The second-order valence-electron chi connectivity index (χ2n) is 2.85. The minimum atomic E-state index is 0.0520. The van der Waals surface area contributed by atoms with Gasteiger partial charge in [0.1, 0.15) is 0 Å². The first-order valence-electron chi connectivity index (χ1n) is 4.25. The van der Waals surface area contributed by atoms with Gasteiger partial charge in [-0.05, 0) is 34.5 Å². The Hall–Kier alpha value is -0.600. The van der Waals surface area contributed by atoms with Gasteiger partial charge in [0.25, 0.3) is 0 Å². The van der Waals surface area contributed by atoms with Gasteiger partial charge in [-0.25, -0.2) is 0 Å². The molecule has 0 aliphatic carbocycles. The molecule has 0 radical (unpaired) electrons. The molecule has 0 heterocycles. The third-order valence-electron chi connectivity index (χ3n) is 1.83. The van der Waals surface area contributed by atoms with Crippen LogP contribution in [0.2, 0.25) is 5.02 Å². The molecule has 1 nitrogen and oxygen atoms in total. The van der Waals surface area contributed by atoms with Crippen molar-refractivity contribution in [1.82, 2.24) is 0 Å². The van der Waals surface area contributed by atoms with Crippen molar-refractivity contribution >= 4 is 33.3 Å². The van der Waals surface area contributed by atoms with Crippen molar-refractivity contribution in [2.24, 2.45) is 0 Å². The van der Waals surface area contributed by atoms with Crippen molar-refractivity contribution in [2.45, 2.75) is 12.8 Å². The molecule has 0 aliphatic rings. The molecule has 1 aromatic rings. The van der Waals surface area contributed by atoms with E-state index in [1.807, 2.05) is 6.07 Å². The Balaban J connectivity index is 2.89. The fourth-order valence-corrected chi connectivity index (χ4v) is 1.68. The first-order chi connectivity index (χ1) is 6.66. The van der Waals surface area contributed by atoms with Gasteiger partial charge in [0.15, 0.2) is 5.78 Å². The lowest BCUT2D eigenvalue weighted by Crippen LogP contribution is -1.99. The second-order valence-corrected chi connectivity index (χ2v) is 4.08. The van der Waals surface area contributed by atoms with Crippen molar-refractivity contribution in [3.63, 3.8) is 0 Å². The van der Waals surface area contributed by atoms with Gasteiger partial charge in [-0.15, -0.1) is 6.58 Å². The molecule has 0 saturated heterocycles. The monoisotopic (exact) mass is 272 g/mol. The molecule has 14 heavy (non-hydrogen) atoms. The Morgan fingerprint density at radius 2 is 2.29 bits per heavy atom. The van der Waals surface area contributed by atoms with Crippen LogP contribution in [0.4, 0.5) is 0 Å². The molecule has 0 aliphatic heterocycles. The molecule has 74 valence electrons. The van der Waals surface area contributed by atoms with Crippen LogP contribution >= 0.6 is 27.5 Å². The number of carbonyl (C=O) groups is 1. The van der Waals surface area contributed by atoms with Crippen LogP contribution in [-0.2, 0) is 0 Å². The molecule has 0 unspecified atom stereocenters. The number of carbonyl (C=O) groups excluding carboxylic acids is 1. The SMILES string of the molecule is C=CCCC(=O)c1cccc(Br)c1Cl. The van der Waals surface area contributed by atoms with E-state index in [9.17, 15) is 4.79 Å². The van der Waals surface area contributed by atoms with Crippen LogP contribution in [0.1, 0.15) is 23.2 Å². The maximum atomic E-state index is 11.6. The van der Waals surface area contributed by atoms with E-state index in [1.165, 1.54) is 0 Å². The second kappa shape index (κ2) is 5.32. The van der Waals surface area contributed by atoms with Gasteiger partial charge in [-0.1, -0.05) is 23.7 Å². The fourth-order valence-electron chi connectivity index (χ4n) is 1.09. The minimum Gasteiger partial charge on any atom is -0.294 e. The Morgan fingerprint density at radius 1 is 1.57 bits per heavy atom. The summed E-state index contributed by atoms with van der Waals surface area (Å²) in [5.41, 5.74) is 0.572. The average Bonchev–Trinajstić information content (AvgIpc) is 2.18. The molecule has 0 fully saturated rings. The van der Waals surface area contributed by atoms with Crippen molar-refractivity contribution in [3.05, 3.63) is 45.9 Å². The van der Waals surface area contributed by atoms with E-state index < -0.39 is 0 Å². The van der Waals surface area contributed by atoms with Gasteiger partial charge < -0.3 is 0 Å². The van der Waals surface area contributed by atoms with Gasteiger partial charge in [-0.3, -0.25) is 4.79 Å². The molecule has 1 rings (SSSR count). The number of halogens is 2. The molecule has 0 bridgehead atoms. The fraction of sp³-hybridized carbons (Fsp3) is 0.182. The van der Waals surface area contributed by atoms with E-state index in [1.54, 1.807) is 18.2 Å². The minimum absolute atomic E-state index is 0.0520. The van der Waals surface area contributed by atoms with Gasteiger partial charge in [0.2, 0.25) is 0 Å². The predicted molar refractivity (Wildman–Crippen MR) is 62.9 cm³/mol. The molecule has 0 saturated carbocycles. The molecule has 0 spiro atoms. The van der Waals surface area contributed by atoms with Crippen molar-refractivity contribution in [2.75, 3.05) is 0 Å². The molecular weight excluding hydrogens is 263 g/mol. The molecule has 0 aromatic heterocycles. The lowest BCUT2D eigenvalue weighted by molar-refractivity contribution is 0.0984. The van der Waals surface area contributed by atoms with Crippen LogP contribution in [0, 0.1) is 0 Å². The highest BCUT2D eigenvalue weighted by Crippen LogP contribution is 2.27. The van der Waals surface area contributed by atoms with Crippen molar-refractivity contribution in [3.8, 4) is 0 Å². The zero-order chi connectivity index (χ0) is 10.6. The summed E-state index contributed by atoms with van der Waals surface area (Å²) in [5.74, 6) is 0.0520. The lowest BCUT2D eigenvalue weighted by atomic mass is 10.1. The first kappa shape index (κ1) is 11.5. The number of benzene rings is 1. The summed E-state index contributed by atoms with van der Waals surface area (Å²) >= 11 is 9.25. The Kier molecular flexibility index (Phi) is 4.36. The average molecular weight is 274 g/mol. The summed E-state index contributed by atoms with van der Waals surface area (Å²) in [6.45, 7) is 3.57. The molecule has 3 heteroatoms. The third-order valence-corrected chi connectivity index (χ3v) is 3.12. The van der Waals surface area contributed by atoms with Crippen molar-refractivity contribution < 1.29 is 4.79 Å². The highest BCUT2D eigenvalue weighted by Gasteiger charge is 2.10. The first-order valence-corrected chi connectivity index (χ1v) is 5.42. The standard InChI is InChI=1S/C11H10BrClO/c1-2-3-7-10(14)8-5-4-6-9(12)11(8)13/h2,4-6H,1,3,7H2. The van der Waals surface area contributed by atoms with Gasteiger partial charge >= 0.3 is 0 Å². The predicted octanol–water partition coefficient (Wildman–Crippen LogP) is 4.25. The number of Topliss-reactive ketones (excluding diaryl/α,β-unsaturated/α-hetero) is 1. The number of rotatable bonds is 4. The van der Waals surface area contributed by atoms with Crippen LogP contribution in [0.25, 0.3) is 0 Å². The molecule has 1 aromatic carbocycles. The van der Waals surface area contributed by atoms with Crippen LogP contribution in [0.3, 0.4) is 0 Å². The Bertz CT molecular complexity index is 360. The maximum Gasteiger partial charge on any atom is 0.164 e. The maximum absolute atomic E-state index is 11.6. The number of ketones is 1.